The van der Waals surface area contributed by atoms with Crippen molar-refractivity contribution < 1.29 is 17.9 Å². The van der Waals surface area contributed by atoms with Crippen LogP contribution < -0.4 is 10.5 Å². The number of nitrogens with one attached hydrogen (secondary N) is 1. The number of methoxy groups -OCH3 is 1. The lowest BCUT2D eigenvalue weighted by atomic mass is 10.2. The highest BCUT2D eigenvalue weighted by atomic mass is 35.5. The van der Waals surface area contributed by atoms with Gasteiger partial charge >= 0.3 is 5.97 Å². The molecule has 0 unspecified atom stereocenters. The minimum absolute atomic E-state index is 0.0608. The number of hydrogen-bond acceptors (Lipinski definition) is 5. The maximum Gasteiger partial charge on any atom is 0.306 e. The average molecular weight is 307 g/mol. The quantitative estimate of drug-likeness (QED) is 0.626. The zero-order chi connectivity index (χ0) is 14.6. The molecule has 1 rings (SSSR count). The number of halogens is 1. The van der Waals surface area contributed by atoms with Crippen LogP contribution in [0.5, 0.6) is 0 Å². The van der Waals surface area contributed by atoms with Gasteiger partial charge in [-0.3, -0.25) is 4.79 Å². The lowest BCUT2D eigenvalue weighted by molar-refractivity contribution is -0.140. The number of rotatable bonds is 5. The normalized spacial score (nSPS) is 11.3. The van der Waals surface area contributed by atoms with Crippen LogP contribution in [-0.2, 0) is 19.6 Å². The fourth-order valence-electron chi connectivity index (χ4n) is 1.34. The molecule has 0 fully saturated rings. The highest BCUT2D eigenvalue weighted by Crippen LogP contribution is 2.26. The van der Waals surface area contributed by atoms with Gasteiger partial charge in [-0.1, -0.05) is 11.6 Å². The summed E-state index contributed by atoms with van der Waals surface area (Å²) in [6.45, 7) is 1.65. The van der Waals surface area contributed by atoms with Gasteiger partial charge in [-0.25, -0.2) is 13.1 Å². The third-order valence-electron chi connectivity index (χ3n) is 2.46. The van der Waals surface area contributed by atoms with Crippen LogP contribution in [-0.4, -0.2) is 28.0 Å². The number of nitrogens with two attached hydrogens (primary N) is 1. The van der Waals surface area contributed by atoms with E-state index >= 15 is 0 Å². The Labute approximate surface area is 116 Å². The first kappa shape index (κ1) is 15.7. The molecular formula is C11H15ClN2O4S. The molecule has 0 atom stereocenters. The molecule has 0 radical (unpaired) electrons. The van der Waals surface area contributed by atoms with E-state index in [0.29, 0.717) is 11.3 Å². The topological polar surface area (TPSA) is 98.5 Å². The van der Waals surface area contributed by atoms with E-state index in [2.05, 4.69) is 9.46 Å². The fraction of sp³-hybridized carbons (Fsp3) is 0.364. The van der Waals surface area contributed by atoms with Crippen molar-refractivity contribution in [3.63, 3.8) is 0 Å². The van der Waals surface area contributed by atoms with Gasteiger partial charge in [0.15, 0.2) is 0 Å². The van der Waals surface area contributed by atoms with Crippen molar-refractivity contribution in [2.75, 3.05) is 19.4 Å². The molecule has 0 spiro atoms. The van der Waals surface area contributed by atoms with Crippen molar-refractivity contribution in [1.82, 2.24) is 4.72 Å². The van der Waals surface area contributed by atoms with Crippen molar-refractivity contribution in [3.8, 4) is 0 Å². The number of benzene rings is 1. The van der Waals surface area contributed by atoms with Crippen LogP contribution >= 0.6 is 11.6 Å². The van der Waals surface area contributed by atoms with Crippen LogP contribution in [0.15, 0.2) is 17.0 Å². The molecule has 0 bridgehead atoms. The highest BCUT2D eigenvalue weighted by Gasteiger charge is 2.19. The van der Waals surface area contributed by atoms with E-state index in [9.17, 15) is 13.2 Å². The lowest BCUT2D eigenvalue weighted by Gasteiger charge is -2.10. The van der Waals surface area contributed by atoms with Gasteiger partial charge in [0.25, 0.3) is 0 Å². The maximum atomic E-state index is 12.0. The summed E-state index contributed by atoms with van der Waals surface area (Å²) in [6, 6.07) is 2.77. The molecule has 0 aliphatic heterocycles. The van der Waals surface area contributed by atoms with Gasteiger partial charge in [0, 0.05) is 12.2 Å². The first-order valence-corrected chi connectivity index (χ1v) is 7.26. The Kier molecular flexibility index (Phi) is 5.16. The maximum absolute atomic E-state index is 12.0. The number of anilines is 1. The average Bonchev–Trinajstić information content (AvgIpc) is 2.33. The summed E-state index contributed by atoms with van der Waals surface area (Å²) in [6.07, 6.45) is -0.0608. The number of esters is 1. The number of sulfonamides is 1. The van der Waals surface area contributed by atoms with E-state index in [-0.39, 0.29) is 22.9 Å². The predicted molar refractivity (Wildman–Crippen MR) is 72.4 cm³/mol. The molecule has 3 N–H and O–H groups in total. The summed E-state index contributed by atoms with van der Waals surface area (Å²) in [7, 11) is -2.57. The van der Waals surface area contributed by atoms with E-state index in [1.165, 1.54) is 19.2 Å². The Morgan fingerprint density at radius 3 is 2.68 bits per heavy atom. The number of aryl methyl sites for hydroxylation is 1. The second kappa shape index (κ2) is 6.23. The summed E-state index contributed by atoms with van der Waals surface area (Å²) in [5, 5.41) is 0.0808. The van der Waals surface area contributed by atoms with Crippen molar-refractivity contribution in [2.45, 2.75) is 18.2 Å². The number of carbonyl (C=O) groups is 1. The fourth-order valence-corrected chi connectivity index (χ4v) is 2.99. The molecule has 0 amide bonds. The molecule has 1 aromatic carbocycles. The largest absolute Gasteiger partial charge is 0.469 e. The van der Waals surface area contributed by atoms with Crippen molar-refractivity contribution in [3.05, 3.63) is 22.7 Å². The van der Waals surface area contributed by atoms with Crippen molar-refractivity contribution in [2.24, 2.45) is 0 Å². The summed E-state index contributed by atoms with van der Waals surface area (Å²) in [5.41, 5.74) is 6.68. The van der Waals surface area contributed by atoms with E-state index in [4.69, 9.17) is 17.3 Å². The van der Waals surface area contributed by atoms with Crippen LogP contribution in [0.25, 0.3) is 0 Å². The van der Waals surface area contributed by atoms with Crippen molar-refractivity contribution in [1.29, 1.82) is 0 Å². The SMILES string of the molecule is COC(=O)CCNS(=O)(=O)c1cc(N)c(C)cc1Cl. The Morgan fingerprint density at radius 1 is 1.47 bits per heavy atom. The Morgan fingerprint density at radius 2 is 2.11 bits per heavy atom. The van der Waals surface area contributed by atoms with E-state index in [1.807, 2.05) is 0 Å². The summed E-state index contributed by atoms with van der Waals surface area (Å²) in [4.78, 5) is 10.8. The van der Waals surface area contributed by atoms with Crippen LogP contribution in [0.2, 0.25) is 5.02 Å². The molecular weight excluding hydrogens is 292 g/mol. The van der Waals surface area contributed by atoms with Gasteiger partial charge in [0.1, 0.15) is 4.90 Å². The molecule has 0 aliphatic carbocycles. The van der Waals surface area contributed by atoms with E-state index in [1.54, 1.807) is 6.92 Å². The van der Waals surface area contributed by atoms with Gasteiger partial charge in [-0.2, -0.15) is 0 Å². The van der Waals surface area contributed by atoms with Crippen LogP contribution in [0.4, 0.5) is 5.69 Å². The third-order valence-corrected chi connectivity index (χ3v) is 4.38. The molecule has 1 aromatic rings. The number of ether oxygens (including phenoxy) is 1. The minimum Gasteiger partial charge on any atom is -0.469 e. The highest BCUT2D eigenvalue weighted by molar-refractivity contribution is 7.89. The molecule has 8 heteroatoms. The van der Waals surface area contributed by atoms with E-state index < -0.39 is 16.0 Å². The van der Waals surface area contributed by atoms with Gasteiger partial charge in [-0.05, 0) is 24.6 Å². The Hall–Kier alpha value is -1.31. The van der Waals surface area contributed by atoms with Gasteiger partial charge in [0.2, 0.25) is 10.0 Å². The molecule has 0 heterocycles. The van der Waals surface area contributed by atoms with Gasteiger partial charge in [0.05, 0.1) is 18.6 Å². The third kappa shape index (κ3) is 4.09. The first-order valence-electron chi connectivity index (χ1n) is 5.40. The minimum atomic E-state index is -3.80. The number of nitrogen functional groups attached to an aromatic ring is 1. The summed E-state index contributed by atoms with van der Waals surface area (Å²) >= 11 is 5.89. The van der Waals surface area contributed by atoms with Crippen LogP contribution in [0.1, 0.15) is 12.0 Å². The molecule has 0 aliphatic rings. The smallest absolute Gasteiger partial charge is 0.306 e. The molecule has 6 nitrogen and oxygen atoms in total. The lowest BCUT2D eigenvalue weighted by Crippen LogP contribution is -2.27. The molecule has 0 saturated carbocycles. The Balaban J connectivity index is 2.89. The zero-order valence-corrected chi connectivity index (χ0v) is 12.1. The molecule has 0 aromatic heterocycles. The van der Waals surface area contributed by atoms with Crippen LogP contribution in [0.3, 0.4) is 0 Å². The van der Waals surface area contributed by atoms with Crippen molar-refractivity contribution >= 4 is 33.3 Å². The standard InChI is InChI=1S/C11H15ClN2O4S/c1-7-5-8(12)10(6-9(7)13)19(16,17)14-4-3-11(15)18-2/h5-6,14H,3-4,13H2,1-2H3. The summed E-state index contributed by atoms with van der Waals surface area (Å²) < 4.78 is 30.6. The molecule has 19 heavy (non-hydrogen) atoms. The monoisotopic (exact) mass is 306 g/mol. The van der Waals surface area contributed by atoms with E-state index in [0.717, 1.165) is 0 Å². The number of hydrogen-bond donors (Lipinski definition) is 2. The second-order valence-electron chi connectivity index (χ2n) is 3.86. The van der Waals surface area contributed by atoms with Crippen LogP contribution in [0, 0.1) is 6.92 Å². The van der Waals surface area contributed by atoms with Gasteiger partial charge in [-0.15, -0.1) is 0 Å². The second-order valence-corrected chi connectivity index (χ2v) is 6.01. The Bertz CT molecular complexity index is 587. The zero-order valence-electron chi connectivity index (χ0n) is 10.6. The first-order chi connectivity index (χ1) is 8.77. The summed E-state index contributed by atoms with van der Waals surface area (Å²) in [5.74, 6) is -0.503. The number of carbonyl (C=O) groups excluding carboxylic acids is 1. The molecule has 0 saturated heterocycles. The molecule has 106 valence electrons. The van der Waals surface area contributed by atoms with Gasteiger partial charge < -0.3 is 10.5 Å². The predicted octanol–water partition coefficient (Wildman–Crippen LogP) is 1.07.